The summed E-state index contributed by atoms with van der Waals surface area (Å²) in [5, 5.41) is 3.18. The predicted octanol–water partition coefficient (Wildman–Crippen LogP) is 8.29. The van der Waals surface area contributed by atoms with Gasteiger partial charge in [-0.1, -0.05) is 48.0 Å². The Bertz CT molecular complexity index is 1560. The minimum atomic E-state index is -5.72. The maximum atomic E-state index is 14.4. The summed E-state index contributed by atoms with van der Waals surface area (Å²) in [4.78, 5) is 26.1. The number of rotatable bonds is 7. The van der Waals surface area contributed by atoms with Crippen LogP contribution in [0.3, 0.4) is 0 Å². The largest absolute Gasteiger partial charge is 0.422 e. The number of halogens is 7. The molecule has 212 valence electrons. The van der Waals surface area contributed by atoms with Gasteiger partial charge in [-0.05, 0) is 48.9 Å². The third kappa shape index (κ3) is 6.71. The molecule has 12 heteroatoms. The van der Waals surface area contributed by atoms with Crippen LogP contribution in [0.5, 0.6) is 0 Å². The van der Waals surface area contributed by atoms with Crippen LogP contribution < -0.4 is 10.6 Å². The number of anilines is 2. The van der Waals surface area contributed by atoms with Gasteiger partial charge in [-0.15, -0.1) is 11.8 Å². The molecule has 0 heterocycles. The van der Waals surface area contributed by atoms with E-state index in [-0.39, 0.29) is 5.91 Å². The molecule has 0 aliphatic carbocycles. The fourth-order valence-corrected chi connectivity index (χ4v) is 4.85. The van der Waals surface area contributed by atoms with Crippen LogP contribution in [-0.4, -0.2) is 11.8 Å². The Morgan fingerprint density at radius 3 is 1.93 bits per heavy atom. The second-order valence-corrected chi connectivity index (χ2v) is 9.93. The maximum Gasteiger partial charge on any atom is 0.422 e. The van der Waals surface area contributed by atoms with E-state index < -0.39 is 51.9 Å². The van der Waals surface area contributed by atoms with Crippen molar-refractivity contribution >= 4 is 35.0 Å². The third-order valence-corrected chi connectivity index (χ3v) is 7.05. The quantitative estimate of drug-likeness (QED) is 0.129. The highest BCUT2D eigenvalue weighted by Gasteiger charge is 2.42. The lowest BCUT2D eigenvalue weighted by atomic mass is 10.1. The number of carbonyl (C=O) groups is 2. The topological polar surface area (TPSA) is 58.2 Å². The molecule has 41 heavy (non-hydrogen) atoms. The summed E-state index contributed by atoms with van der Waals surface area (Å²) in [6, 6.07) is 20.9. The molecule has 0 bridgehead atoms. The number of alkyl halides is 3. The molecule has 2 amide bonds. The standard InChI is InChI=1S/C29H19F7N2O2S/c1-15-6-5-9-17(14-15)27(39)37-18-10-12-19(13-11-18)41-26(16-7-3-2-4-8-16)28(40)38-25-23(32)21(30)20(29(34,35)36)22(31)24(25)33/h2-14,26H,1H3,(H,37,39)(H,38,40). The molecule has 0 aromatic heterocycles. The highest BCUT2D eigenvalue weighted by atomic mass is 32.2. The van der Waals surface area contributed by atoms with Gasteiger partial charge in [0.2, 0.25) is 5.91 Å². The Morgan fingerprint density at radius 2 is 1.37 bits per heavy atom. The third-order valence-electron chi connectivity index (χ3n) is 5.78. The Hall–Kier alpha value is -4.32. The Labute approximate surface area is 233 Å². The second kappa shape index (κ2) is 12.0. The predicted molar refractivity (Wildman–Crippen MR) is 141 cm³/mol. The summed E-state index contributed by atoms with van der Waals surface area (Å²) in [6.45, 7) is 1.84. The van der Waals surface area contributed by atoms with E-state index in [4.69, 9.17) is 0 Å². The van der Waals surface area contributed by atoms with Gasteiger partial charge in [0, 0.05) is 16.1 Å². The minimum Gasteiger partial charge on any atom is -0.322 e. The van der Waals surface area contributed by atoms with Crippen LogP contribution in [0.15, 0.2) is 83.8 Å². The minimum absolute atomic E-state index is 0.320. The zero-order chi connectivity index (χ0) is 29.9. The van der Waals surface area contributed by atoms with Crippen LogP contribution >= 0.6 is 11.8 Å². The van der Waals surface area contributed by atoms with Gasteiger partial charge in [0.25, 0.3) is 5.91 Å². The molecule has 4 aromatic carbocycles. The second-order valence-electron chi connectivity index (χ2n) is 8.75. The lowest BCUT2D eigenvalue weighted by molar-refractivity contribution is -0.143. The van der Waals surface area contributed by atoms with E-state index in [1.165, 1.54) is 12.1 Å². The summed E-state index contributed by atoms with van der Waals surface area (Å²) < 4.78 is 95.8. The zero-order valence-corrected chi connectivity index (χ0v) is 21.8. The molecule has 1 atom stereocenters. The van der Waals surface area contributed by atoms with Crippen molar-refractivity contribution in [2.45, 2.75) is 23.2 Å². The summed E-state index contributed by atoms with van der Waals surface area (Å²) in [5.41, 5.74) is -2.33. The summed E-state index contributed by atoms with van der Waals surface area (Å²) in [5.74, 6) is -11.7. The first-order valence-corrected chi connectivity index (χ1v) is 12.7. The number of aryl methyl sites for hydroxylation is 1. The molecule has 0 saturated heterocycles. The van der Waals surface area contributed by atoms with E-state index in [1.54, 1.807) is 66.0 Å². The number of hydrogen-bond donors (Lipinski definition) is 2. The van der Waals surface area contributed by atoms with Crippen LogP contribution in [-0.2, 0) is 11.0 Å². The van der Waals surface area contributed by atoms with Gasteiger partial charge in [-0.2, -0.15) is 13.2 Å². The van der Waals surface area contributed by atoms with Gasteiger partial charge in [0.05, 0.1) is 0 Å². The SMILES string of the molecule is Cc1cccc(C(=O)Nc2ccc(SC(C(=O)Nc3c(F)c(F)c(C(F)(F)F)c(F)c3F)c3ccccc3)cc2)c1. The average Bonchev–Trinajstić information content (AvgIpc) is 2.93. The molecule has 0 radical (unpaired) electrons. The van der Waals surface area contributed by atoms with E-state index >= 15 is 0 Å². The van der Waals surface area contributed by atoms with E-state index in [0.29, 0.717) is 21.7 Å². The molecule has 1 unspecified atom stereocenters. The van der Waals surface area contributed by atoms with Crippen molar-refractivity contribution in [1.82, 2.24) is 0 Å². The van der Waals surface area contributed by atoms with Crippen molar-refractivity contribution in [3.63, 3.8) is 0 Å². The van der Waals surface area contributed by atoms with E-state index in [9.17, 15) is 40.3 Å². The smallest absolute Gasteiger partial charge is 0.322 e. The molecule has 0 spiro atoms. The fraction of sp³-hybridized carbons (Fsp3) is 0.103. The molecule has 0 aliphatic heterocycles. The van der Waals surface area contributed by atoms with Crippen LogP contribution in [0.25, 0.3) is 0 Å². The molecule has 4 nitrogen and oxygen atoms in total. The number of nitrogens with one attached hydrogen (secondary N) is 2. The van der Waals surface area contributed by atoms with Gasteiger partial charge in [-0.25, -0.2) is 17.6 Å². The summed E-state index contributed by atoms with van der Waals surface area (Å²) in [7, 11) is 0. The molecule has 4 rings (SSSR count). The fourth-order valence-electron chi connectivity index (χ4n) is 3.82. The zero-order valence-electron chi connectivity index (χ0n) is 21.0. The summed E-state index contributed by atoms with van der Waals surface area (Å²) in [6.07, 6.45) is -5.72. The number of hydrogen-bond acceptors (Lipinski definition) is 3. The monoisotopic (exact) mass is 592 g/mol. The molecule has 0 aliphatic rings. The molecule has 4 aromatic rings. The van der Waals surface area contributed by atoms with Crippen molar-refractivity contribution in [1.29, 1.82) is 0 Å². The first-order chi connectivity index (χ1) is 19.4. The Morgan fingerprint density at radius 1 is 0.756 bits per heavy atom. The van der Waals surface area contributed by atoms with Gasteiger partial charge < -0.3 is 10.6 Å². The maximum absolute atomic E-state index is 14.4. The van der Waals surface area contributed by atoms with Crippen molar-refractivity contribution < 1.29 is 40.3 Å². The number of thioether (sulfide) groups is 1. The Kier molecular flexibility index (Phi) is 8.72. The van der Waals surface area contributed by atoms with E-state index in [2.05, 4.69) is 5.32 Å². The van der Waals surface area contributed by atoms with Gasteiger partial charge in [0.1, 0.15) is 16.5 Å². The number of carbonyl (C=O) groups excluding carboxylic acids is 2. The number of amides is 2. The van der Waals surface area contributed by atoms with Crippen molar-refractivity contribution in [3.8, 4) is 0 Å². The van der Waals surface area contributed by atoms with E-state index in [0.717, 1.165) is 17.3 Å². The molecule has 0 fully saturated rings. The summed E-state index contributed by atoms with van der Waals surface area (Å²) >= 11 is 0.885. The molecular formula is C29H19F7N2O2S. The van der Waals surface area contributed by atoms with Gasteiger partial charge >= 0.3 is 6.18 Å². The van der Waals surface area contributed by atoms with Crippen molar-refractivity contribution in [3.05, 3.63) is 124 Å². The number of benzene rings is 4. The lowest BCUT2D eigenvalue weighted by Gasteiger charge is -2.19. The van der Waals surface area contributed by atoms with E-state index in [1.807, 2.05) is 13.0 Å². The lowest BCUT2D eigenvalue weighted by Crippen LogP contribution is -2.23. The normalized spacial score (nSPS) is 12.1. The average molecular weight is 593 g/mol. The molecular weight excluding hydrogens is 573 g/mol. The first-order valence-electron chi connectivity index (χ1n) is 11.8. The first kappa shape index (κ1) is 29.7. The van der Waals surface area contributed by atoms with Crippen molar-refractivity contribution in [2.75, 3.05) is 10.6 Å². The highest BCUT2D eigenvalue weighted by molar-refractivity contribution is 8.00. The van der Waals surface area contributed by atoms with Crippen LogP contribution in [0.4, 0.5) is 42.1 Å². The van der Waals surface area contributed by atoms with Gasteiger partial charge in [-0.3, -0.25) is 9.59 Å². The van der Waals surface area contributed by atoms with Crippen LogP contribution in [0.1, 0.15) is 32.3 Å². The van der Waals surface area contributed by atoms with Crippen LogP contribution in [0.2, 0.25) is 0 Å². The molecule has 2 N–H and O–H groups in total. The van der Waals surface area contributed by atoms with Gasteiger partial charge in [0.15, 0.2) is 23.3 Å². The highest BCUT2D eigenvalue weighted by Crippen LogP contribution is 2.40. The van der Waals surface area contributed by atoms with Crippen LogP contribution in [0, 0.1) is 30.2 Å². The molecule has 0 saturated carbocycles. The van der Waals surface area contributed by atoms with Crippen molar-refractivity contribution in [2.24, 2.45) is 0 Å². The Balaban J connectivity index is 1.58.